The van der Waals surface area contributed by atoms with E-state index in [4.69, 9.17) is 9.68 Å². The van der Waals surface area contributed by atoms with Crippen LogP contribution in [0, 0.1) is 0 Å². The number of hydroxylamine groups is 2. The van der Waals surface area contributed by atoms with E-state index in [-0.39, 0.29) is 48.9 Å². The third-order valence-electron chi connectivity index (χ3n) is 2.88. The van der Waals surface area contributed by atoms with Crippen LogP contribution in [0.3, 0.4) is 0 Å². The van der Waals surface area contributed by atoms with E-state index in [1.807, 2.05) is 12.2 Å². The summed E-state index contributed by atoms with van der Waals surface area (Å²) in [5.41, 5.74) is 0. The molecule has 0 radical (unpaired) electrons. The molecule has 0 aliphatic carbocycles. The van der Waals surface area contributed by atoms with Gasteiger partial charge in [0.15, 0.2) is 0 Å². The fraction of sp³-hybridized carbons (Fsp3) is 0.750. The fourth-order valence-corrected chi connectivity index (χ4v) is 1.59. The molecule has 0 N–H and O–H groups in total. The standard InChI is InChI=1S/C16H29NO4.Na.H/c1-4-7-8-9-10-11-12-13-14-17(20-15(18)5-2)21-16(19)6-3;;/h12-13H,4-11,14H2,1-3H3;;. The van der Waals surface area contributed by atoms with E-state index in [0.717, 1.165) is 18.1 Å². The number of nitrogens with zero attached hydrogens (tertiary/aromatic N) is 1. The van der Waals surface area contributed by atoms with Crippen LogP contribution in [0.15, 0.2) is 12.2 Å². The average molecular weight is 323 g/mol. The molecule has 0 spiro atoms. The van der Waals surface area contributed by atoms with Crippen LogP contribution in [-0.4, -0.2) is 53.3 Å². The second kappa shape index (κ2) is 17.0. The molecule has 0 atom stereocenters. The molecule has 0 aromatic rings. The Morgan fingerprint density at radius 3 is 1.91 bits per heavy atom. The van der Waals surface area contributed by atoms with Crippen LogP contribution < -0.4 is 0 Å². The minimum absolute atomic E-state index is 0. The molecule has 124 valence electrons. The molecule has 6 heteroatoms. The Kier molecular flexibility index (Phi) is 18.5. The summed E-state index contributed by atoms with van der Waals surface area (Å²) in [6.07, 6.45) is 11.5. The van der Waals surface area contributed by atoms with Crippen molar-refractivity contribution in [3.63, 3.8) is 0 Å². The van der Waals surface area contributed by atoms with Gasteiger partial charge in [-0.1, -0.05) is 58.6 Å². The van der Waals surface area contributed by atoms with Crippen molar-refractivity contribution in [1.82, 2.24) is 5.23 Å². The van der Waals surface area contributed by atoms with Crippen molar-refractivity contribution in [2.45, 2.75) is 72.1 Å². The van der Waals surface area contributed by atoms with Gasteiger partial charge in [-0.25, -0.2) is 0 Å². The van der Waals surface area contributed by atoms with Gasteiger partial charge in [0.2, 0.25) is 0 Å². The summed E-state index contributed by atoms with van der Waals surface area (Å²) in [6.45, 7) is 5.83. The molecule has 0 unspecified atom stereocenters. The van der Waals surface area contributed by atoms with Crippen LogP contribution in [0.2, 0.25) is 0 Å². The molecular formula is C16H30NNaO4. The first-order chi connectivity index (χ1) is 10.1. The topological polar surface area (TPSA) is 55.8 Å². The zero-order chi connectivity index (χ0) is 15.9. The molecule has 0 aromatic carbocycles. The number of hydrogen-bond acceptors (Lipinski definition) is 5. The van der Waals surface area contributed by atoms with E-state index in [1.54, 1.807) is 13.8 Å². The molecule has 5 nitrogen and oxygen atoms in total. The van der Waals surface area contributed by atoms with Crippen LogP contribution in [-0.2, 0) is 19.3 Å². The number of carbonyl (C=O) groups is 2. The SMILES string of the molecule is CCCCCCCC=CCN(OC(=O)CC)OC(=O)CC.[NaH]. The Bertz CT molecular complexity index is 303. The van der Waals surface area contributed by atoms with Gasteiger partial charge < -0.3 is 9.68 Å². The van der Waals surface area contributed by atoms with E-state index < -0.39 is 11.9 Å². The Morgan fingerprint density at radius 2 is 1.41 bits per heavy atom. The Labute approximate surface area is 156 Å². The number of rotatable bonds is 12. The number of allylic oxidation sites excluding steroid dienone is 1. The molecular weight excluding hydrogens is 293 g/mol. The predicted octanol–water partition coefficient (Wildman–Crippen LogP) is 3.29. The number of hydrogen-bond donors (Lipinski definition) is 0. The molecule has 0 saturated heterocycles. The van der Waals surface area contributed by atoms with Gasteiger partial charge in [-0.15, -0.1) is 0 Å². The molecule has 0 aromatic heterocycles. The second-order valence-corrected chi connectivity index (χ2v) is 4.82. The van der Waals surface area contributed by atoms with Crippen molar-refractivity contribution in [3.8, 4) is 0 Å². The minimum atomic E-state index is -0.424. The average Bonchev–Trinajstić information content (AvgIpc) is 2.49. The van der Waals surface area contributed by atoms with Crippen molar-refractivity contribution >= 4 is 41.5 Å². The van der Waals surface area contributed by atoms with Crippen LogP contribution in [0.4, 0.5) is 0 Å². The van der Waals surface area contributed by atoms with Gasteiger partial charge in [0.05, 0.1) is 6.54 Å². The molecule has 0 aliphatic heterocycles. The summed E-state index contributed by atoms with van der Waals surface area (Å²) in [5, 5.41) is 0.950. The van der Waals surface area contributed by atoms with Gasteiger partial charge in [0.1, 0.15) is 0 Å². The summed E-state index contributed by atoms with van der Waals surface area (Å²) < 4.78 is 0. The van der Waals surface area contributed by atoms with Gasteiger partial charge in [-0.2, -0.15) is 0 Å². The molecule has 0 amide bonds. The van der Waals surface area contributed by atoms with Gasteiger partial charge in [-0.05, 0) is 12.8 Å². The summed E-state index contributed by atoms with van der Waals surface area (Å²) in [6, 6.07) is 0. The van der Waals surface area contributed by atoms with E-state index in [0.29, 0.717) is 0 Å². The maximum absolute atomic E-state index is 11.2. The van der Waals surface area contributed by atoms with E-state index in [9.17, 15) is 9.59 Å². The monoisotopic (exact) mass is 323 g/mol. The zero-order valence-electron chi connectivity index (χ0n) is 13.6. The van der Waals surface area contributed by atoms with Gasteiger partial charge in [0, 0.05) is 18.1 Å². The molecule has 22 heavy (non-hydrogen) atoms. The Morgan fingerprint density at radius 1 is 0.864 bits per heavy atom. The first kappa shape index (κ1) is 23.9. The van der Waals surface area contributed by atoms with Crippen molar-refractivity contribution in [3.05, 3.63) is 12.2 Å². The number of carbonyl (C=O) groups excluding carboxylic acids is 2. The van der Waals surface area contributed by atoms with Crippen molar-refractivity contribution in [1.29, 1.82) is 0 Å². The van der Waals surface area contributed by atoms with Crippen LogP contribution in [0.1, 0.15) is 72.1 Å². The summed E-state index contributed by atoms with van der Waals surface area (Å²) in [5.74, 6) is -0.848. The molecule has 0 bridgehead atoms. The molecule has 0 aliphatic rings. The molecule has 0 rings (SSSR count). The Hall–Kier alpha value is -0.360. The summed E-state index contributed by atoms with van der Waals surface area (Å²) >= 11 is 0. The van der Waals surface area contributed by atoms with E-state index >= 15 is 0 Å². The van der Waals surface area contributed by atoms with Crippen LogP contribution in [0.25, 0.3) is 0 Å². The molecule has 0 fully saturated rings. The third kappa shape index (κ3) is 14.6. The number of unbranched alkanes of at least 4 members (excludes halogenated alkanes) is 5. The van der Waals surface area contributed by atoms with Crippen molar-refractivity contribution < 1.29 is 19.3 Å². The third-order valence-corrected chi connectivity index (χ3v) is 2.88. The van der Waals surface area contributed by atoms with Gasteiger partial charge >= 0.3 is 41.5 Å². The van der Waals surface area contributed by atoms with Crippen molar-refractivity contribution in [2.75, 3.05) is 6.54 Å². The summed E-state index contributed by atoms with van der Waals surface area (Å²) in [4.78, 5) is 32.4. The van der Waals surface area contributed by atoms with E-state index in [1.165, 1.54) is 25.7 Å². The van der Waals surface area contributed by atoms with Crippen molar-refractivity contribution in [2.24, 2.45) is 0 Å². The Balaban J connectivity index is 0. The quantitative estimate of drug-likeness (QED) is 0.239. The van der Waals surface area contributed by atoms with Crippen LogP contribution in [0.5, 0.6) is 0 Å². The fourth-order valence-electron chi connectivity index (χ4n) is 1.59. The van der Waals surface area contributed by atoms with Gasteiger partial charge in [0.25, 0.3) is 0 Å². The molecule has 0 saturated carbocycles. The molecule has 0 heterocycles. The predicted molar refractivity (Wildman–Crippen MR) is 89.1 cm³/mol. The first-order valence-electron chi connectivity index (χ1n) is 7.98. The first-order valence-corrected chi connectivity index (χ1v) is 7.98. The van der Waals surface area contributed by atoms with Gasteiger partial charge in [-0.3, -0.25) is 9.59 Å². The second-order valence-electron chi connectivity index (χ2n) is 4.82. The van der Waals surface area contributed by atoms with Crippen LogP contribution >= 0.6 is 0 Å². The zero-order valence-corrected chi connectivity index (χ0v) is 13.6. The summed E-state index contributed by atoms with van der Waals surface area (Å²) in [7, 11) is 0. The maximum atomic E-state index is 11.2. The van der Waals surface area contributed by atoms with E-state index in [2.05, 4.69) is 6.92 Å². The normalized spacial score (nSPS) is 10.5.